The Morgan fingerprint density at radius 1 is 0.932 bits per heavy atom. The first kappa shape index (κ1) is 43.0. The fourth-order valence-electron chi connectivity index (χ4n) is 7.58. The SMILES string of the molecule is CC1(C)CCC(CN2CCN(c3ccc(C(=O)NS(=O)(=O)c4ccc(OCC5(F)CCOCC5)c(Cl)c4)c(Oc4cnc(N)c(Cl)c4)c3)CC2)=C(c2ccc(Cl)cc2)C1. The van der Waals surface area contributed by atoms with Crippen LogP contribution in [0.5, 0.6) is 17.2 Å². The number of allylic oxidation sites excluding steroid dienone is 1. The smallest absolute Gasteiger partial charge is 0.268 e. The normalized spacial score (nSPS) is 18.4. The molecule has 314 valence electrons. The van der Waals surface area contributed by atoms with E-state index < -0.39 is 21.6 Å². The fourth-order valence-corrected chi connectivity index (χ4v) is 9.16. The van der Waals surface area contributed by atoms with Crippen LogP contribution in [0.25, 0.3) is 5.57 Å². The number of nitrogens with zero attached hydrogens (tertiary/aromatic N) is 3. The van der Waals surface area contributed by atoms with Gasteiger partial charge in [-0.15, -0.1) is 0 Å². The van der Waals surface area contributed by atoms with Crippen molar-refractivity contribution in [2.75, 3.05) is 63.2 Å². The first-order valence-electron chi connectivity index (χ1n) is 19.5. The first-order valence-corrected chi connectivity index (χ1v) is 22.1. The monoisotopic (exact) mass is 885 g/mol. The molecule has 0 radical (unpaired) electrons. The van der Waals surface area contributed by atoms with Gasteiger partial charge in [-0.1, -0.05) is 66.4 Å². The van der Waals surface area contributed by atoms with Crippen LogP contribution in [0, 0.1) is 5.41 Å². The van der Waals surface area contributed by atoms with E-state index in [-0.39, 0.29) is 81.6 Å². The summed E-state index contributed by atoms with van der Waals surface area (Å²) in [7, 11) is -4.44. The Labute approximate surface area is 359 Å². The topological polar surface area (TPSA) is 136 Å². The Hall–Kier alpha value is -4.11. The maximum atomic E-state index is 15.1. The van der Waals surface area contributed by atoms with Crippen LogP contribution in [0.1, 0.15) is 61.9 Å². The molecule has 0 saturated carbocycles. The Bertz CT molecular complexity index is 2330. The van der Waals surface area contributed by atoms with Gasteiger partial charge in [-0.05, 0) is 78.3 Å². The molecule has 59 heavy (non-hydrogen) atoms. The molecule has 3 N–H and O–H groups in total. The van der Waals surface area contributed by atoms with Crippen LogP contribution in [0.3, 0.4) is 0 Å². The number of rotatable bonds is 12. The molecule has 3 aliphatic rings. The van der Waals surface area contributed by atoms with Crippen LogP contribution in [0.15, 0.2) is 83.4 Å². The number of benzene rings is 3. The van der Waals surface area contributed by atoms with Gasteiger partial charge in [-0.3, -0.25) is 9.69 Å². The molecule has 1 amide bonds. The predicted molar refractivity (Wildman–Crippen MR) is 230 cm³/mol. The van der Waals surface area contributed by atoms with E-state index in [9.17, 15) is 13.2 Å². The van der Waals surface area contributed by atoms with E-state index in [0.717, 1.165) is 55.7 Å². The van der Waals surface area contributed by atoms with Gasteiger partial charge < -0.3 is 24.8 Å². The minimum absolute atomic E-state index is 0.0541. The van der Waals surface area contributed by atoms with Crippen LogP contribution in [0.2, 0.25) is 15.1 Å². The molecule has 3 aromatic carbocycles. The van der Waals surface area contributed by atoms with Crippen LogP contribution in [-0.2, 0) is 14.8 Å². The van der Waals surface area contributed by atoms with Crippen molar-refractivity contribution in [3.05, 3.63) is 105 Å². The third-order valence-electron chi connectivity index (χ3n) is 11.1. The van der Waals surface area contributed by atoms with E-state index in [1.165, 1.54) is 47.2 Å². The average Bonchev–Trinajstić information content (AvgIpc) is 3.20. The number of nitrogens with two attached hydrogens (primary N) is 1. The second-order valence-corrected chi connectivity index (χ2v) is 19.0. The molecule has 0 atom stereocenters. The highest BCUT2D eigenvalue weighted by atomic mass is 35.5. The predicted octanol–water partition coefficient (Wildman–Crippen LogP) is 9.22. The molecule has 7 rings (SSSR count). The summed E-state index contributed by atoms with van der Waals surface area (Å²) in [6.45, 7) is 8.89. The van der Waals surface area contributed by atoms with Crippen molar-refractivity contribution >= 4 is 67.8 Å². The summed E-state index contributed by atoms with van der Waals surface area (Å²) in [5.41, 5.74) is 9.29. The van der Waals surface area contributed by atoms with Gasteiger partial charge >= 0.3 is 0 Å². The standard InChI is InChI=1S/C43H47Cl3FN5O6S/c1-42(2)12-11-29(35(24-42)28-3-5-30(44)6-4-28)26-51-15-17-52(18-16-51)31-7-9-34(39(21-31)58-32-22-37(46)40(48)49-25-32)41(53)50-59(54,55)33-8-10-38(36(45)23-33)57-27-43(47)13-19-56-20-14-43/h3-10,21-23,25H,11-20,24,26-27H2,1-2H3,(H2,48,49)(H,50,53). The third-order valence-corrected chi connectivity index (χ3v) is 13.3. The van der Waals surface area contributed by atoms with Gasteiger partial charge in [-0.2, -0.15) is 0 Å². The summed E-state index contributed by atoms with van der Waals surface area (Å²) in [6, 6.07) is 18.3. The fraction of sp³-hybridized carbons (Fsp3) is 0.395. The van der Waals surface area contributed by atoms with E-state index in [2.05, 4.69) is 45.5 Å². The Kier molecular flexibility index (Phi) is 13.0. The molecular weight excluding hydrogens is 840 g/mol. The van der Waals surface area contributed by atoms with Crippen molar-refractivity contribution in [2.45, 2.75) is 56.5 Å². The lowest BCUT2D eigenvalue weighted by Crippen LogP contribution is -2.47. The molecule has 2 aliphatic heterocycles. The Balaban J connectivity index is 1.07. The molecule has 2 saturated heterocycles. The Morgan fingerprint density at radius 2 is 1.66 bits per heavy atom. The molecule has 1 aliphatic carbocycles. The summed E-state index contributed by atoms with van der Waals surface area (Å²) >= 11 is 18.8. The maximum absolute atomic E-state index is 15.1. The van der Waals surface area contributed by atoms with Crippen LogP contribution in [0.4, 0.5) is 15.9 Å². The summed E-state index contributed by atoms with van der Waals surface area (Å²) in [4.78, 5) is 22.2. The average molecular weight is 887 g/mol. The van der Waals surface area contributed by atoms with Gasteiger partial charge in [-0.25, -0.2) is 22.5 Å². The summed E-state index contributed by atoms with van der Waals surface area (Å²) in [5, 5.41) is 0.818. The number of nitrogens with one attached hydrogen (secondary N) is 1. The third kappa shape index (κ3) is 10.6. The number of amides is 1. The van der Waals surface area contributed by atoms with Crippen molar-refractivity contribution < 1.29 is 31.8 Å². The van der Waals surface area contributed by atoms with Gasteiger partial charge in [0.05, 0.1) is 26.7 Å². The number of anilines is 2. The van der Waals surface area contributed by atoms with Crippen molar-refractivity contribution in [1.82, 2.24) is 14.6 Å². The highest BCUT2D eigenvalue weighted by Gasteiger charge is 2.34. The molecule has 11 nitrogen and oxygen atoms in total. The van der Waals surface area contributed by atoms with Crippen LogP contribution in [-0.4, -0.2) is 82.4 Å². The van der Waals surface area contributed by atoms with E-state index in [1.54, 1.807) is 12.1 Å². The van der Waals surface area contributed by atoms with Crippen LogP contribution >= 0.6 is 34.8 Å². The zero-order valence-electron chi connectivity index (χ0n) is 32.9. The largest absolute Gasteiger partial charge is 0.489 e. The number of halogens is 4. The number of ether oxygens (including phenoxy) is 3. The van der Waals surface area contributed by atoms with Gasteiger partial charge in [0.1, 0.15) is 35.3 Å². The second kappa shape index (κ2) is 17.9. The summed E-state index contributed by atoms with van der Waals surface area (Å²) < 4.78 is 61.2. The van der Waals surface area contributed by atoms with Gasteiger partial charge in [0.2, 0.25) is 0 Å². The molecule has 0 bridgehead atoms. The lowest BCUT2D eigenvalue weighted by Gasteiger charge is -2.39. The molecule has 1 aromatic heterocycles. The number of sulfonamides is 1. The van der Waals surface area contributed by atoms with Crippen LogP contribution < -0.4 is 24.8 Å². The minimum Gasteiger partial charge on any atom is -0.489 e. The molecule has 2 fully saturated rings. The highest BCUT2D eigenvalue weighted by molar-refractivity contribution is 7.90. The van der Waals surface area contributed by atoms with Crippen molar-refractivity contribution in [2.24, 2.45) is 5.41 Å². The number of pyridine rings is 1. The molecule has 16 heteroatoms. The number of hydrogen-bond donors (Lipinski definition) is 2. The van der Waals surface area contributed by atoms with Crippen molar-refractivity contribution in [3.63, 3.8) is 0 Å². The lowest BCUT2D eigenvalue weighted by molar-refractivity contribution is -0.0323. The number of carbonyl (C=O) groups excluding carboxylic acids is 1. The number of aromatic nitrogens is 1. The summed E-state index contributed by atoms with van der Waals surface area (Å²) in [5.74, 6) is -0.451. The van der Waals surface area contributed by atoms with Crippen molar-refractivity contribution in [3.8, 4) is 17.2 Å². The number of hydrogen-bond acceptors (Lipinski definition) is 10. The molecular formula is C43H47Cl3FN5O6S. The van der Waals surface area contributed by atoms with Gasteiger partial charge in [0.25, 0.3) is 15.9 Å². The molecule has 4 aromatic rings. The molecule has 0 unspecified atom stereocenters. The number of piperazine rings is 1. The first-order chi connectivity index (χ1) is 28.1. The van der Waals surface area contributed by atoms with Gasteiger partial charge in [0.15, 0.2) is 0 Å². The van der Waals surface area contributed by atoms with E-state index >= 15 is 4.39 Å². The van der Waals surface area contributed by atoms with Crippen molar-refractivity contribution in [1.29, 1.82) is 0 Å². The van der Waals surface area contributed by atoms with E-state index in [0.29, 0.717) is 13.1 Å². The number of alkyl halides is 1. The summed E-state index contributed by atoms with van der Waals surface area (Å²) in [6.07, 6.45) is 4.91. The van der Waals surface area contributed by atoms with Gasteiger partial charge in [0, 0.05) is 81.6 Å². The quantitative estimate of drug-likeness (QED) is 0.142. The van der Waals surface area contributed by atoms with E-state index in [4.69, 9.17) is 54.7 Å². The number of nitrogen functional groups attached to an aromatic ring is 1. The van der Waals surface area contributed by atoms with E-state index in [1.807, 2.05) is 12.1 Å². The molecule has 0 spiro atoms. The number of carbonyl (C=O) groups is 1. The maximum Gasteiger partial charge on any atom is 0.268 e. The Morgan fingerprint density at radius 3 is 2.36 bits per heavy atom. The minimum atomic E-state index is -4.44. The zero-order valence-corrected chi connectivity index (χ0v) is 36.0. The second-order valence-electron chi connectivity index (χ2n) is 16.1. The molecule has 3 heterocycles. The lowest BCUT2D eigenvalue weighted by atomic mass is 9.72. The highest BCUT2D eigenvalue weighted by Crippen LogP contribution is 2.43. The zero-order chi connectivity index (χ0) is 42.0.